The topological polar surface area (TPSA) is 16.4 Å². The fourth-order valence-corrected chi connectivity index (χ4v) is 8.52. The molecule has 10 rings (SSSR count). The van der Waals surface area contributed by atoms with Crippen LogP contribution in [0.15, 0.2) is 192 Å². The van der Waals surface area contributed by atoms with Crippen molar-refractivity contribution >= 4 is 70.5 Å². The molecule has 0 aliphatic rings. The van der Waals surface area contributed by atoms with Crippen LogP contribution in [0.25, 0.3) is 75.5 Å². The summed E-state index contributed by atoms with van der Waals surface area (Å²) >= 11 is 1.86. The summed E-state index contributed by atoms with van der Waals surface area (Å²) < 4.78 is 9.27. The van der Waals surface area contributed by atoms with Crippen molar-refractivity contribution in [1.82, 2.24) is 0 Å². The lowest BCUT2D eigenvalue weighted by Crippen LogP contribution is -2.10. The van der Waals surface area contributed by atoms with Gasteiger partial charge in [-0.05, 0) is 88.0 Å². The van der Waals surface area contributed by atoms with Gasteiger partial charge in [0.15, 0.2) is 5.58 Å². The van der Waals surface area contributed by atoms with Gasteiger partial charge in [0.2, 0.25) is 0 Å². The summed E-state index contributed by atoms with van der Waals surface area (Å²) in [7, 11) is 0. The van der Waals surface area contributed by atoms with E-state index in [0.29, 0.717) is 0 Å². The van der Waals surface area contributed by atoms with Crippen LogP contribution in [0, 0.1) is 0 Å². The lowest BCUT2D eigenvalue weighted by atomic mass is 9.96. The number of benzene rings is 8. The molecule has 0 N–H and O–H groups in total. The molecular weight excluding hydrogens is 639 g/mol. The van der Waals surface area contributed by atoms with Crippen LogP contribution in [0.2, 0.25) is 0 Å². The fourth-order valence-electron chi connectivity index (χ4n) is 7.38. The summed E-state index contributed by atoms with van der Waals surface area (Å²) in [5.74, 6) is 0. The zero-order valence-electron chi connectivity index (χ0n) is 27.7. The first-order valence-corrected chi connectivity index (χ1v) is 18.1. The van der Waals surface area contributed by atoms with Gasteiger partial charge in [-0.1, -0.05) is 133 Å². The molecule has 0 atom stereocenters. The van der Waals surface area contributed by atoms with E-state index < -0.39 is 0 Å². The molecule has 0 saturated carbocycles. The Bertz CT molecular complexity index is 2850. The number of nitrogens with zero attached hydrogens (tertiary/aromatic N) is 1. The van der Waals surface area contributed by atoms with Crippen molar-refractivity contribution in [2.75, 3.05) is 4.90 Å². The van der Waals surface area contributed by atoms with E-state index in [2.05, 4.69) is 187 Å². The first kappa shape index (κ1) is 29.5. The van der Waals surface area contributed by atoms with Crippen LogP contribution >= 0.6 is 11.3 Å². The Morgan fingerprint density at radius 3 is 1.73 bits per heavy atom. The molecule has 2 nitrogen and oxygen atoms in total. The lowest BCUT2D eigenvalue weighted by Gasteiger charge is -2.27. The summed E-state index contributed by atoms with van der Waals surface area (Å²) in [6.45, 7) is 0. The highest BCUT2D eigenvalue weighted by Crippen LogP contribution is 2.45. The molecule has 0 radical (unpaired) electrons. The second-order valence-electron chi connectivity index (χ2n) is 12.9. The van der Waals surface area contributed by atoms with Gasteiger partial charge < -0.3 is 9.32 Å². The molecule has 0 aliphatic heterocycles. The van der Waals surface area contributed by atoms with Gasteiger partial charge in [0.1, 0.15) is 5.58 Å². The first-order chi connectivity index (χ1) is 25.3. The third-order valence-corrected chi connectivity index (χ3v) is 11.0. The number of thiophene rings is 1. The molecule has 2 heterocycles. The van der Waals surface area contributed by atoms with Gasteiger partial charge in [-0.15, -0.1) is 11.3 Å². The zero-order valence-corrected chi connectivity index (χ0v) is 28.5. The van der Waals surface area contributed by atoms with Crippen molar-refractivity contribution in [1.29, 1.82) is 0 Å². The van der Waals surface area contributed by atoms with Crippen LogP contribution in [0.5, 0.6) is 0 Å². The largest absolute Gasteiger partial charge is 0.454 e. The van der Waals surface area contributed by atoms with Crippen molar-refractivity contribution in [2.45, 2.75) is 0 Å². The van der Waals surface area contributed by atoms with E-state index in [4.69, 9.17) is 4.42 Å². The predicted molar refractivity (Wildman–Crippen MR) is 218 cm³/mol. The predicted octanol–water partition coefficient (Wildman–Crippen LogP) is 14.4. The van der Waals surface area contributed by atoms with Gasteiger partial charge in [0, 0.05) is 42.3 Å². The quantitative estimate of drug-likeness (QED) is 0.175. The van der Waals surface area contributed by atoms with E-state index in [9.17, 15) is 0 Å². The summed E-state index contributed by atoms with van der Waals surface area (Å²) in [5, 5.41) is 4.83. The number of para-hydroxylation sites is 2. The molecule has 8 aromatic carbocycles. The van der Waals surface area contributed by atoms with Crippen molar-refractivity contribution in [3.8, 4) is 33.4 Å². The Morgan fingerprint density at radius 1 is 0.353 bits per heavy atom. The molecule has 240 valence electrons. The van der Waals surface area contributed by atoms with E-state index in [1.54, 1.807) is 0 Å². The zero-order chi connectivity index (χ0) is 33.7. The number of hydrogen-bond donors (Lipinski definition) is 0. The molecule has 0 bridgehead atoms. The highest BCUT2D eigenvalue weighted by molar-refractivity contribution is 7.25. The smallest absolute Gasteiger partial charge is 0.159 e. The fraction of sp³-hybridized carbons (Fsp3) is 0. The van der Waals surface area contributed by atoms with Gasteiger partial charge >= 0.3 is 0 Å². The minimum atomic E-state index is 0.865. The SMILES string of the molecule is c1ccc(-c2ccc(N(c3cc(-c4ccccc4)cc(-c4ccc5c(c4)sc4ccccc45)c3)c3cccc4c3oc3ccccc34)cc2)cc1. The average molecular weight is 670 g/mol. The van der Waals surface area contributed by atoms with Gasteiger partial charge in [-0.3, -0.25) is 0 Å². The van der Waals surface area contributed by atoms with Crippen LogP contribution in [-0.2, 0) is 0 Å². The van der Waals surface area contributed by atoms with E-state index >= 15 is 0 Å². The number of fused-ring (bicyclic) bond motifs is 6. The van der Waals surface area contributed by atoms with Crippen LogP contribution in [0.3, 0.4) is 0 Å². The number of furan rings is 1. The Kier molecular flexibility index (Phi) is 7.04. The Hall–Kier alpha value is -6.42. The third-order valence-electron chi connectivity index (χ3n) is 9.85. The second kappa shape index (κ2) is 12.2. The lowest BCUT2D eigenvalue weighted by molar-refractivity contribution is 0.669. The summed E-state index contributed by atoms with van der Waals surface area (Å²) in [6, 6.07) is 67.5. The van der Waals surface area contributed by atoms with E-state index in [1.165, 1.54) is 42.4 Å². The monoisotopic (exact) mass is 669 g/mol. The van der Waals surface area contributed by atoms with Crippen molar-refractivity contribution < 1.29 is 4.42 Å². The van der Waals surface area contributed by atoms with Crippen LogP contribution < -0.4 is 4.90 Å². The molecule has 0 spiro atoms. The molecule has 51 heavy (non-hydrogen) atoms. The molecule has 2 aromatic heterocycles. The van der Waals surface area contributed by atoms with Crippen LogP contribution in [0.4, 0.5) is 17.1 Å². The number of hydrogen-bond acceptors (Lipinski definition) is 3. The van der Waals surface area contributed by atoms with Crippen LogP contribution in [0.1, 0.15) is 0 Å². The molecule has 0 fully saturated rings. The number of rotatable bonds is 6. The summed E-state index contributed by atoms with van der Waals surface area (Å²) in [4.78, 5) is 2.35. The third kappa shape index (κ3) is 5.18. The minimum Gasteiger partial charge on any atom is -0.454 e. The molecular formula is C48H31NOS. The normalized spacial score (nSPS) is 11.5. The average Bonchev–Trinajstić information content (AvgIpc) is 3.77. The standard InChI is InChI=1S/C48H31NOS/c1-3-12-32(13-4-1)34-22-25-38(26-23-34)49(44-19-11-18-43-40-16-7-9-20-45(40)50-48(43)44)39-29-36(33-14-5-2-6-15-33)28-37(30-39)35-24-27-42-41-17-8-10-21-46(41)51-47(42)31-35/h1-31H. The van der Waals surface area contributed by atoms with Crippen LogP contribution in [-0.4, -0.2) is 0 Å². The Balaban J connectivity index is 1.21. The van der Waals surface area contributed by atoms with Gasteiger partial charge in [0.25, 0.3) is 0 Å². The first-order valence-electron chi connectivity index (χ1n) is 17.2. The second-order valence-corrected chi connectivity index (χ2v) is 14.0. The molecule has 10 aromatic rings. The Labute approximate surface area is 300 Å². The molecule has 0 unspecified atom stereocenters. The van der Waals surface area contributed by atoms with Gasteiger partial charge in [-0.25, -0.2) is 0 Å². The maximum absolute atomic E-state index is 6.67. The van der Waals surface area contributed by atoms with Crippen molar-refractivity contribution in [3.05, 3.63) is 188 Å². The highest BCUT2D eigenvalue weighted by Gasteiger charge is 2.21. The van der Waals surface area contributed by atoms with E-state index in [1.807, 2.05) is 17.4 Å². The van der Waals surface area contributed by atoms with Crippen molar-refractivity contribution in [2.24, 2.45) is 0 Å². The van der Waals surface area contributed by atoms with E-state index in [-0.39, 0.29) is 0 Å². The van der Waals surface area contributed by atoms with Gasteiger partial charge in [-0.2, -0.15) is 0 Å². The highest BCUT2D eigenvalue weighted by atomic mass is 32.1. The van der Waals surface area contributed by atoms with E-state index in [0.717, 1.165) is 50.1 Å². The minimum absolute atomic E-state index is 0.865. The Morgan fingerprint density at radius 2 is 0.941 bits per heavy atom. The maximum atomic E-state index is 6.67. The maximum Gasteiger partial charge on any atom is 0.159 e. The molecule has 3 heteroatoms. The summed E-state index contributed by atoms with van der Waals surface area (Å²) in [5.41, 5.74) is 11.9. The molecule has 0 saturated heterocycles. The summed E-state index contributed by atoms with van der Waals surface area (Å²) in [6.07, 6.45) is 0. The van der Waals surface area contributed by atoms with Crippen molar-refractivity contribution in [3.63, 3.8) is 0 Å². The molecule has 0 aliphatic carbocycles. The van der Waals surface area contributed by atoms with Gasteiger partial charge in [0.05, 0.1) is 5.69 Å². The molecule has 0 amide bonds. The number of anilines is 3.